The van der Waals surface area contributed by atoms with Gasteiger partial charge in [-0.3, -0.25) is 9.48 Å². The van der Waals surface area contributed by atoms with E-state index in [1.54, 1.807) is 17.2 Å². The van der Waals surface area contributed by atoms with Crippen molar-refractivity contribution in [2.24, 2.45) is 0 Å². The quantitative estimate of drug-likeness (QED) is 0.721. The average Bonchev–Trinajstić information content (AvgIpc) is 3.31. The number of benzene rings is 1. The molecule has 3 heterocycles. The maximum atomic E-state index is 12.9. The van der Waals surface area contributed by atoms with Crippen LogP contribution in [0.25, 0.3) is 11.3 Å². The van der Waals surface area contributed by atoms with E-state index in [1.165, 1.54) is 0 Å². The van der Waals surface area contributed by atoms with Gasteiger partial charge in [-0.15, -0.1) is 0 Å². The zero-order chi connectivity index (χ0) is 17.8. The number of rotatable bonds is 4. The normalized spacial score (nSPS) is 17.8. The number of hydrogen-bond donors (Lipinski definition) is 0. The summed E-state index contributed by atoms with van der Waals surface area (Å²) in [4.78, 5) is 14.6. The average molecular weight is 352 g/mol. The lowest BCUT2D eigenvalue weighted by molar-refractivity contribution is 0.0355. The summed E-state index contributed by atoms with van der Waals surface area (Å²) < 4.78 is 13.0. The van der Waals surface area contributed by atoms with E-state index in [4.69, 9.17) is 9.26 Å². The van der Waals surface area contributed by atoms with E-state index in [1.807, 2.05) is 47.3 Å². The van der Waals surface area contributed by atoms with E-state index >= 15 is 0 Å². The van der Waals surface area contributed by atoms with Gasteiger partial charge >= 0.3 is 0 Å². The molecule has 1 aromatic carbocycles. The van der Waals surface area contributed by atoms with Crippen molar-refractivity contribution < 1.29 is 14.1 Å². The Hall–Kier alpha value is -2.93. The zero-order valence-corrected chi connectivity index (χ0v) is 14.3. The van der Waals surface area contributed by atoms with E-state index in [0.29, 0.717) is 31.9 Å². The summed E-state index contributed by atoms with van der Waals surface area (Å²) in [6.07, 6.45) is 4.32. The molecule has 2 aromatic heterocycles. The van der Waals surface area contributed by atoms with Crippen LogP contribution in [-0.2, 0) is 11.3 Å². The fourth-order valence-corrected chi connectivity index (χ4v) is 3.08. The molecule has 7 nitrogen and oxygen atoms in total. The van der Waals surface area contributed by atoms with Crippen molar-refractivity contribution in [3.05, 3.63) is 60.6 Å². The number of nitrogens with zero attached hydrogens (tertiary/aromatic N) is 4. The second kappa shape index (κ2) is 7.53. The van der Waals surface area contributed by atoms with E-state index < -0.39 is 0 Å². The maximum Gasteiger partial charge on any atom is 0.292 e. The fourth-order valence-electron chi connectivity index (χ4n) is 3.08. The lowest BCUT2D eigenvalue weighted by atomic mass is 10.1. The van der Waals surface area contributed by atoms with Crippen molar-refractivity contribution in [2.75, 3.05) is 19.7 Å². The molecule has 0 radical (unpaired) electrons. The van der Waals surface area contributed by atoms with E-state index in [0.717, 1.165) is 12.0 Å². The summed E-state index contributed by atoms with van der Waals surface area (Å²) in [5, 5.41) is 8.25. The molecule has 1 unspecified atom stereocenters. The Kier molecular flexibility index (Phi) is 4.79. The van der Waals surface area contributed by atoms with Crippen molar-refractivity contribution in [3.63, 3.8) is 0 Å². The van der Waals surface area contributed by atoms with Crippen LogP contribution in [-0.4, -0.2) is 51.5 Å². The molecule has 7 heteroatoms. The number of aromatic nitrogens is 3. The molecule has 0 saturated carbocycles. The molecule has 0 N–H and O–H groups in total. The van der Waals surface area contributed by atoms with Crippen molar-refractivity contribution in [2.45, 2.75) is 19.1 Å². The maximum absolute atomic E-state index is 12.9. The molecule has 0 bridgehead atoms. The van der Waals surface area contributed by atoms with Crippen LogP contribution in [0.4, 0.5) is 0 Å². The zero-order valence-electron chi connectivity index (χ0n) is 14.3. The van der Waals surface area contributed by atoms with Crippen LogP contribution in [0.1, 0.15) is 17.0 Å². The van der Waals surface area contributed by atoms with Gasteiger partial charge < -0.3 is 14.2 Å². The number of carbonyl (C=O) groups excluding carboxylic acids is 1. The number of carbonyl (C=O) groups is 1. The minimum atomic E-state index is -0.157. The largest absolute Gasteiger partial charge is 0.374 e. The van der Waals surface area contributed by atoms with E-state index in [9.17, 15) is 4.79 Å². The Labute approximate surface area is 151 Å². The summed E-state index contributed by atoms with van der Waals surface area (Å²) in [5.41, 5.74) is 1.58. The van der Waals surface area contributed by atoms with Crippen LogP contribution in [0.2, 0.25) is 0 Å². The van der Waals surface area contributed by atoms with Gasteiger partial charge in [0.2, 0.25) is 5.76 Å². The topological polar surface area (TPSA) is 73.4 Å². The SMILES string of the molecule is O=C(c1cc(-c2ccccc2)no1)N1CCCOC(Cn2cccn2)C1. The van der Waals surface area contributed by atoms with Gasteiger partial charge in [-0.05, 0) is 12.5 Å². The van der Waals surface area contributed by atoms with Gasteiger partial charge in [0, 0.05) is 43.7 Å². The molecule has 1 aliphatic heterocycles. The Morgan fingerprint density at radius 3 is 2.92 bits per heavy atom. The van der Waals surface area contributed by atoms with Crippen molar-refractivity contribution in [1.82, 2.24) is 19.8 Å². The van der Waals surface area contributed by atoms with Gasteiger partial charge in [0.15, 0.2) is 0 Å². The van der Waals surface area contributed by atoms with Gasteiger partial charge in [-0.2, -0.15) is 5.10 Å². The first-order valence-electron chi connectivity index (χ1n) is 8.70. The number of ether oxygens (including phenoxy) is 1. The molecule has 1 amide bonds. The second-order valence-electron chi connectivity index (χ2n) is 6.27. The Morgan fingerprint density at radius 1 is 1.23 bits per heavy atom. The summed E-state index contributed by atoms with van der Waals surface area (Å²) in [6, 6.07) is 13.2. The lowest BCUT2D eigenvalue weighted by Gasteiger charge is -2.22. The van der Waals surface area contributed by atoms with Gasteiger partial charge in [0.05, 0.1) is 12.6 Å². The van der Waals surface area contributed by atoms with Gasteiger partial charge in [0.25, 0.3) is 5.91 Å². The van der Waals surface area contributed by atoms with Crippen LogP contribution in [0, 0.1) is 0 Å². The predicted octanol–water partition coefficient (Wildman–Crippen LogP) is 2.47. The monoisotopic (exact) mass is 352 g/mol. The third kappa shape index (κ3) is 3.67. The highest BCUT2D eigenvalue weighted by molar-refractivity contribution is 5.92. The Balaban J connectivity index is 1.47. The van der Waals surface area contributed by atoms with E-state index in [2.05, 4.69) is 10.3 Å². The Bertz CT molecular complexity index is 845. The lowest BCUT2D eigenvalue weighted by Crippen LogP contribution is -2.38. The molecule has 1 atom stereocenters. The third-order valence-electron chi connectivity index (χ3n) is 4.38. The van der Waals surface area contributed by atoms with Gasteiger partial charge in [0.1, 0.15) is 5.69 Å². The first-order valence-corrected chi connectivity index (χ1v) is 8.70. The van der Waals surface area contributed by atoms with Crippen molar-refractivity contribution in [3.8, 4) is 11.3 Å². The highest BCUT2D eigenvalue weighted by atomic mass is 16.5. The molecule has 3 aromatic rings. The molecule has 134 valence electrons. The molecule has 1 aliphatic rings. The summed E-state index contributed by atoms with van der Waals surface area (Å²) in [6.45, 7) is 2.37. The molecular weight excluding hydrogens is 332 g/mol. The standard InChI is InChI=1S/C19H20N4O3/c24-19(18-12-17(21-26-18)15-6-2-1-3-7-15)22-9-5-11-25-16(13-22)14-23-10-4-8-20-23/h1-4,6-8,10,12,16H,5,9,11,13-14H2. The predicted molar refractivity (Wildman–Crippen MR) is 94.4 cm³/mol. The second-order valence-corrected chi connectivity index (χ2v) is 6.27. The first kappa shape index (κ1) is 16.5. The van der Waals surface area contributed by atoms with Crippen LogP contribution in [0.5, 0.6) is 0 Å². The third-order valence-corrected chi connectivity index (χ3v) is 4.38. The number of amides is 1. The summed E-state index contributed by atoms with van der Waals surface area (Å²) in [5.74, 6) is 0.0965. The summed E-state index contributed by atoms with van der Waals surface area (Å²) >= 11 is 0. The molecule has 0 aliphatic carbocycles. The van der Waals surface area contributed by atoms with Crippen LogP contribution >= 0.6 is 0 Å². The van der Waals surface area contributed by atoms with Crippen molar-refractivity contribution >= 4 is 5.91 Å². The fraction of sp³-hybridized carbons (Fsp3) is 0.316. The van der Waals surface area contributed by atoms with Crippen LogP contribution < -0.4 is 0 Å². The first-order chi connectivity index (χ1) is 12.8. The molecule has 0 spiro atoms. The van der Waals surface area contributed by atoms with Gasteiger partial charge in [-0.25, -0.2) is 0 Å². The Morgan fingerprint density at radius 2 is 2.12 bits per heavy atom. The van der Waals surface area contributed by atoms with Crippen molar-refractivity contribution in [1.29, 1.82) is 0 Å². The molecule has 1 fully saturated rings. The molecular formula is C19H20N4O3. The minimum absolute atomic E-state index is 0.0992. The molecule has 4 rings (SSSR count). The molecule has 1 saturated heterocycles. The van der Waals surface area contributed by atoms with Crippen LogP contribution in [0.15, 0.2) is 59.4 Å². The minimum Gasteiger partial charge on any atom is -0.374 e. The summed E-state index contributed by atoms with van der Waals surface area (Å²) in [7, 11) is 0. The smallest absolute Gasteiger partial charge is 0.292 e. The van der Waals surface area contributed by atoms with Crippen LogP contribution in [0.3, 0.4) is 0 Å². The highest BCUT2D eigenvalue weighted by Gasteiger charge is 2.26. The highest BCUT2D eigenvalue weighted by Crippen LogP contribution is 2.20. The molecule has 26 heavy (non-hydrogen) atoms. The van der Waals surface area contributed by atoms with E-state index in [-0.39, 0.29) is 17.8 Å². The number of hydrogen-bond acceptors (Lipinski definition) is 5. The van der Waals surface area contributed by atoms with Gasteiger partial charge in [-0.1, -0.05) is 35.5 Å².